The van der Waals surface area contributed by atoms with Gasteiger partial charge in [-0.3, -0.25) is 4.79 Å². The smallest absolute Gasteiger partial charge is 0.253 e. The van der Waals surface area contributed by atoms with E-state index in [0.717, 1.165) is 17.0 Å². The minimum absolute atomic E-state index is 0.0832. The highest BCUT2D eigenvalue weighted by Crippen LogP contribution is 2.34. The summed E-state index contributed by atoms with van der Waals surface area (Å²) in [5.74, 6) is 1.31. The lowest BCUT2D eigenvalue weighted by Gasteiger charge is -2.19. The van der Waals surface area contributed by atoms with Crippen molar-refractivity contribution in [1.82, 2.24) is 19.8 Å². The average molecular weight is 492 g/mol. The van der Waals surface area contributed by atoms with Gasteiger partial charge in [-0.25, -0.2) is 9.40 Å². The number of carbonyl (C=O) groups excluding carboxylic acids is 1. The number of ether oxygens (including phenoxy) is 1. The third-order valence-corrected chi connectivity index (χ3v) is 6.74. The molecule has 1 atom stereocenters. The summed E-state index contributed by atoms with van der Waals surface area (Å²) in [7, 11) is 3.36. The molecule has 10 heteroatoms. The molecule has 4 aromatic rings. The van der Waals surface area contributed by atoms with E-state index in [2.05, 4.69) is 15.3 Å². The molecular weight excluding hydrogens is 469 g/mol. The summed E-state index contributed by atoms with van der Waals surface area (Å²) in [5.41, 5.74) is 2.05. The van der Waals surface area contributed by atoms with Crippen LogP contribution in [0.25, 0.3) is 11.4 Å². The molecule has 0 spiro atoms. The van der Waals surface area contributed by atoms with Gasteiger partial charge in [0, 0.05) is 13.5 Å². The van der Waals surface area contributed by atoms with Crippen molar-refractivity contribution < 1.29 is 18.3 Å². The predicted octanol–water partition coefficient (Wildman–Crippen LogP) is 4.69. The molecule has 0 bridgehead atoms. The molecule has 0 N–H and O–H groups in total. The van der Waals surface area contributed by atoms with E-state index in [9.17, 15) is 9.18 Å². The van der Waals surface area contributed by atoms with E-state index < -0.39 is 0 Å². The van der Waals surface area contributed by atoms with Crippen molar-refractivity contribution in [1.29, 1.82) is 0 Å². The van der Waals surface area contributed by atoms with Crippen molar-refractivity contribution in [3.8, 4) is 17.1 Å². The quantitative estimate of drug-likeness (QED) is 0.349. The van der Waals surface area contributed by atoms with E-state index in [-0.39, 0.29) is 23.5 Å². The molecule has 0 fully saturated rings. The van der Waals surface area contributed by atoms with Gasteiger partial charge in [0.2, 0.25) is 0 Å². The van der Waals surface area contributed by atoms with Crippen LogP contribution in [0.2, 0.25) is 0 Å². The molecule has 178 valence electrons. The van der Waals surface area contributed by atoms with Crippen LogP contribution in [0.15, 0.2) is 81.6 Å². The van der Waals surface area contributed by atoms with Gasteiger partial charge in [-0.15, -0.1) is 10.2 Å². The van der Waals surface area contributed by atoms with Crippen LogP contribution in [-0.4, -0.2) is 44.3 Å². The number of benzene rings is 2. The summed E-state index contributed by atoms with van der Waals surface area (Å²) in [6, 6.07) is 17.2. The van der Waals surface area contributed by atoms with Crippen LogP contribution < -0.4 is 4.74 Å². The molecule has 5 rings (SSSR count). The number of rotatable bonds is 7. The number of hydrogen-bond acceptors (Lipinski definition) is 7. The van der Waals surface area contributed by atoms with Crippen LogP contribution in [-0.2, 0) is 11.8 Å². The van der Waals surface area contributed by atoms with Crippen LogP contribution in [0.5, 0.6) is 5.75 Å². The Balaban J connectivity index is 1.35. The fraction of sp³-hybridized carbons (Fsp3) is 0.200. The largest absolute Gasteiger partial charge is 0.497 e. The second-order valence-corrected chi connectivity index (χ2v) is 8.83. The molecule has 1 amide bonds. The molecule has 2 aromatic heterocycles. The molecule has 0 aliphatic carbocycles. The first-order valence-electron chi connectivity index (χ1n) is 10.9. The monoisotopic (exact) mass is 491 g/mol. The maximum atomic E-state index is 14.2. The highest BCUT2D eigenvalue weighted by atomic mass is 32.2. The van der Waals surface area contributed by atoms with Crippen molar-refractivity contribution in [3.63, 3.8) is 0 Å². The van der Waals surface area contributed by atoms with Gasteiger partial charge in [0.1, 0.15) is 23.4 Å². The number of nitrogens with zero attached hydrogens (tertiary/aromatic N) is 5. The Kier molecular flexibility index (Phi) is 6.37. The summed E-state index contributed by atoms with van der Waals surface area (Å²) >= 11 is 1.22. The molecule has 1 unspecified atom stereocenters. The number of furan rings is 1. The minimum atomic E-state index is -0.380. The van der Waals surface area contributed by atoms with Crippen molar-refractivity contribution >= 4 is 23.4 Å². The summed E-state index contributed by atoms with van der Waals surface area (Å²) in [4.78, 5) is 13.3. The number of carbonyl (C=O) groups is 1. The third kappa shape index (κ3) is 4.57. The topological polar surface area (TPSA) is 85.8 Å². The second-order valence-electron chi connectivity index (χ2n) is 7.88. The molecule has 3 heterocycles. The van der Waals surface area contributed by atoms with Crippen LogP contribution in [0.4, 0.5) is 4.39 Å². The first kappa shape index (κ1) is 22.9. The Morgan fingerprint density at radius 3 is 2.66 bits per heavy atom. The third-order valence-electron chi connectivity index (χ3n) is 5.74. The molecule has 8 nitrogen and oxygen atoms in total. The second kappa shape index (κ2) is 9.75. The summed E-state index contributed by atoms with van der Waals surface area (Å²) in [5, 5.41) is 14.9. The minimum Gasteiger partial charge on any atom is -0.497 e. The normalized spacial score (nSPS) is 15.3. The SMILES string of the molecule is COc1ccc(C2=NN(C(=O)CSc3nnc(-c4ccccc4F)n3C)C(c3ccco3)C2)cc1. The van der Waals surface area contributed by atoms with Crippen molar-refractivity contribution in [2.24, 2.45) is 12.1 Å². The molecule has 0 saturated heterocycles. The van der Waals surface area contributed by atoms with Crippen LogP contribution in [0.1, 0.15) is 23.8 Å². The van der Waals surface area contributed by atoms with E-state index in [0.29, 0.717) is 28.7 Å². The summed E-state index contributed by atoms with van der Waals surface area (Å²) in [6.07, 6.45) is 2.11. The van der Waals surface area contributed by atoms with Gasteiger partial charge >= 0.3 is 0 Å². The number of thioether (sulfide) groups is 1. The van der Waals surface area contributed by atoms with Crippen molar-refractivity contribution in [2.45, 2.75) is 17.6 Å². The summed E-state index contributed by atoms with van der Waals surface area (Å²) in [6.45, 7) is 0. The molecule has 1 aliphatic rings. The Morgan fingerprint density at radius 2 is 1.94 bits per heavy atom. The lowest BCUT2D eigenvalue weighted by molar-refractivity contribution is -0.130. The predicted molar refractivity (Wildman–Crippen MR) is 130 cm³/mol. The number of halogens is 1. The molecule has 0 radical (unpaired) electrons. The van der Waals surface area contributed by atoms with Crippen LogP contribution in [0.3, 0.4) is 0 Å². The Morgan fingerprint density at radius 1 is 1.14 bits per heavy atom. The van der Waals surface area contributed by atoms with Crippen molar-refractivity contribution in [2.75, 3.05) is 12.9 Å². The lowest BCUT2D eigenvalue weighted by atomic mass is 10.0. The van der Waals surface area contributed by atoms with E-state index in [4.69, 9.17) is 9.15 Å². The highest BCUT2D eigenvalue weighted by Gasteiger charge is 2.35. The Labute approximate surface area is 205 Å². The maximum Gasteiger partial charge on any atom is 0.253 e. The standard InChI is InChI=1S/C25H22FN5O3S/c1-30-24(18-6-3-4-7-19(18)26)27-28-25(30)35-15-23(32)31-21(22-8-5-13-34-22)14-20(29-31)16-9-11-17(33-2)12-10-16/h3-13,21H,14-15H2,1-2H3. The van der Waals surface area contributed by atoms with Gasteiger partial charge < -0.3 is 13.7 Å². The number of methoxy groups -OCH3 is 1. The van der Waals surface area contributed by atoms with Gasteiger partial charge in [-0.1, -0.05) is 23.9 Å². The Bertz CT molecular complexity index is 1370. The van der Waals surface area contributed by atoms with E-state index in [1.165, 1.54) is 22.8 Å². The number of hydrogen-bond donors (Lipinski definition) is 0. The maximum absolute atomic E-state index is 14.2. The van der Waals surface area contributed by atoms with E-state index >= 15 is 0 Å². The van der Waals surface area contributed by atoms with E-state index in [1.54, 1.807) is 49.3 Å². The number of aromatic nitrogens is 3. The number of hydrazone groups is 1. The first-order valence-corrected chi connectivity index (χ1v) is 11.9. The molecule has 1 aliphatic heterocycles. The van der Waals surface area contributed by atoms with Gasteiger partial charge in [0.25, 0.3) is 5.91 Å². The number of amides is 1. The highest BCUT2D eigenvalue weighted by molar-refractivity contribution is 7.99. The van der Waals surface area contributed by atoms with E-state index in [1.807, 2.05) is 30.3 Å². The Hall–Kier alpha value is -3.92. The molecular formula is C25H22FN5O3S. The van der Waals surface area contributed by atoms with Gasteiger partial charge in [0.05, 0.1) is 30.4 Å². The first-order chi connectivity index (χ1) is 17.0. The molecule has 0 saturated carbocycles. The zero-order valence-corrected chi connectivity index (χ0v) is 19.9. The lowest BCUT2D eigenvalue weighted by Crippen LogP contribution is -2.28. The zero-order chi connectivity index (χ0) is 24.4. The van der Waals surface area contributed by atoms with Crippen molar-refractivity contribution in [3.05, 3.63) is 84.1 Å². The zero-order valence-electron chi connectivity index (χ0n) is 19.1. The van der Waals surface area contributed by atoms with Gasteiger partial charge in [-0.2, -0.15) is 5.10 Å². The average Bonchev–Trinajstić information content (AvgIpc) is 3.63. The van der Waals surface area contributed by atoms with Crippen LogP contribution >= 0.6 is 11.8 Å². The summed E-state index contributed by atoms with van der Waals surface area (Å²) < 4.78 is 26.7. The molecule has 2 aromatic carbocycles. The van der Waals surface area contributed by atoms with Gasteiger partial charge in [-0.05, 0) is 54.1 Å². The fourth-order valence-electron chi connectivity index (χ4n) is 3.91. The van der Waals surface area contributed by atoms with Gasteiger partial charge in [0.15, 0.2) is 11.0 Å². The van der Waals surface area contributed by atoms with Crippen LogP contribution in [0, 0.1) is 5.82 Å². The fourth-order valence-corrected chi connectivity index (χ4v) is 4.67. The molecule has 35 heavy (non-hydrogen) atoms.